The summed E-state index contributed by atoms with van der Waals surface area (Å²) in [6.07, 6.45) is 20.9. The fourth-order valence-electron chi connectivity index (χ4n) is 4.34. The summed E-state index contributed by atoms with van der Waals surface area (Å²) in [5.41, 5.74) is 0.0468. The van der Waals surface area contributed by atoms with Crippen molar-refractivity contribution in [2.24, 2.45) is 0 Å². The lowest BCUT2D eigenvalue weighted by Crippen LogP contribution is -2.43. The molecule has 0 unspecified atom stereocenters. The smallest absolute Gasteiger partial charge is 0.323 e. The van der Waals surface area contributed by atoms with Gasteiger partial charge in [-0.2, -0.15) is 0 Å². The van der Waals surface area contributed by atoms with Gasteiger partial charge in [-0.15, -0.1) is 0 Å². The van der Waals surface area contributed by atoms with Crippen molar-refractivity contribution < 1.29 is 34.1 Å². The molecular formula is C30H47NO7. The van der Waals surface area contributed by atoms with Gasteiger partial charge in [-0.1, -0.05) is 103 Å². The standard InChI is InChI=1S/C30H47NO7/c1-2-3-4-5-6-7-8-9-10-11-12-13-14-15-16-17-22-38-26-20-18-25(19-21-26)29(36)30(37)31(23-27(32)33)24-28(34)35/h18-21H,2-17,22-24H2,1H3,(H,32,33)(H,34,35). The molecular weight excluding hydrogens is 486 g/mol. The summed E-state index contributed by atoms with van der Waals surface area (Å²) in [6, 6.07) is 5.99. The van der Waals surface area contributed by atoms with E-state index in [4.69, 9.17) is 14.9 Å². The lowest BCUT2D eigenvalue weighted by Gasteiger charge is -2.17. The molecule has 0 saturated carbocycles. The highest BCUT2D eigenvalue weighted by Crippen LogP contribution is 2.16. The van der Waals surface area contributed by atoms with Crippen LogP contribution in [0.3, 0.4) is 0 Å². The van der Waals surface area contributed by atoms with Crippen molar-refractivity contribution in [3.63, 3.8) is 0 Å². The molecule has 0 atom stereocenters. The van der Waals surface area contributed by atoms with Gasteiger partial charge in [0, 0.05) is 5.56 Å². The van der Waals surface area contributed by atoms with Crippen molar-refractivity contribution in [3.05, 3.63) is 29.8 Å². The topological polar surface area (TPSA) is 121 Å². The Morgan fingerprint density at radius 1 is 0.632 bits per heavy atom. The van der Waals surface area contributed by atoms with Crippen LogP contribution >= 0.6 is 0 Å². The van der Waals surface area contributed by atoms with Crippen molar-refractivity contribution in [2.45, 2.75) is 110 Å². The van der Waals surface area contributed by atoms with Gasteiger partial charge in [-0.3, -0.25) is 19.2 Å². The maximum atomic E-state index is 12.4. The van der Waals surface area contributed by atoms with Gasteiger partial charge in [0.15, 0.2) is 0 Å². The number of ether oxygens (including phenoxy) is 1. The Morgan fingerprint density at radius 3 is 1.42 bits per heavy atom. The number of hydrogen-bond acceptors (Lipinski definition) is 5. The van der Waals surface area contributed by atoms with Gasteiger partial charge in [-0.25, -0.2) is 0 Å². The third kappa shape index (κ3) is 16.0. The van der Waals surface area contributed by atoms with Gasteiger partial charge < -0.3 is 19.8 Å². The fourth-order valence-corrected chi connectivity index (χ4v) is 4.34. The number of nitrogens with zero attached hydrogens (tertiary/aromatic N) is 1. The number of carboxylic acid groups (broad SMARTS) is 2. The summed E-state index contributed by atoms with van der Waals surface area (Å²) in [6.45, 7) is 1.10. The van der Waals surface area contributed by atoms with Crippen molar-refractivity contribution in [3.8, 4) is 5.75 Å². The Bertz CT molecular complexity index is 806. The Kier molecular flexibility index (Phi) is 18.4. The lowest BCUT2D eigenvalue weighted by molar-refractivity contribution is -0.147. The first-order valence-corrected chi connectivity index (χ1v) is 14.3. The van der Waals surface area contributed by atoms with E-state index in [0.717, 1.165) is 12.8 Å². The maximum absolute atomic E-state index is 12.4. The number of carbonyl (C=O) groups is 4. The average Bonchev–Trinajstić information content (AvgIpc) is 2.89. The SMILES string of the molecule is CCCCCCCCCCCCCCCCCCOc1ccc(C(=O)C(=O)N(CC(=O)O)CC(=O)O)cc1. The fraction of sp³-hybridized carbons (Fsp3) is 0.667. The molecule has 0 aliphatic heterocycles. The van der Waals surface area contributed by atoms with Gasteiger partial charge in [0.25, 0.3) is 5.91 Å². The monoisotopic (exact) mass is 533 g/mol. The molecule has 8 nitrogen and oxygen atoms in total. The Hall–Kier alpha value is -2.90. The first-order valence-electron chi connectivity index (χ1n) is 14.3. The highest BCUT2D eigenvalue weighted by atomic mass is 16.5. The minimum atomic E-state index is -1.40. The molecule has 0 aliphatic carbocycles. The van der Waals surface area contributed by atoms with E-state index in [0.29, 0.717) is 17.3 Å². The van der Waals surface area contributed by atoms with Crippen LogP contribution < -0.4 is 4.74 Å². The summed E-state index contributed by atoms with van der Waals surface area (Å²) in [7, 11) is 0. The highest BCUT2D eigenvalue weighted by Gasteiger charge is 2.26. The van der Waals surface area contributed by atoms with E-state index in [-0.39, 0.29) is 5.56 Å². The second-order valence-corrected chi connectivity index (χ2v) is 9.95. The molecule has 0 fully saturated rings. The molecule has 0 heterocycles. The van der Waals surface area contributed by atoms with E-state index in [1.165, 1.54) is 102 Å². The molecule has 0 bridgehead atoms. The zero-order valence-corrected chi connectivity index (χ0v) is 23.1. The molecule has 0 spiro atoms. The van der Waals surface area contributed by atoms with Crippen molar-refractivity contribution in [1.29, 1.82) is 0 Å². The molecule has 1 amide bonds. The van der Waals surface area contributed by atoms with E-state index >= 15 is 0 Å². The van der Waals surface area contributed by atoms with E-state index in [9.17, 15) is 19.2 Å². The molecule has 0 aromatic heterocycles. The lowest BCUT2D eigenvalue weighted by atomic mass is 10.0. The zero-order valence-electron chi connectivity index (χ0n) is 23.1. The number of carbonyl (C=O) groups excluding carboxylic acids is 2. The molecule has 0 aliphatic rings. The molecule has 0 radical (unpaired) electrons. The molecule has 1 aromatic rings. The molecule has 8 heteroatoms. The van der Waals surface area contributed by atoms with Crippen LogP contribution in [0.1, 0.15) is 120 Å². The van der Waals surface area contributed by atoms with Gasteiger partial charge in [-0.05, 0) is 30.7 Å². The third-order valence-electron chi connectivity index (χ3n) is 6.52. The second-order valence-electron chi connectivity index (χ2n) is 9.95. The summed E-state index contributed by atoms with van der Waals surface area (Å²) in [4.78, 5) is 46.9. The predicted octanol–water partition coefficient (Wildman–Crippen LogP) is 6.51. The second kappa shape index (κ2) is 21.1. The third-order valence-corrected chi connectivity index (χ3v) is 6.52. The number of hydrogen-bond donors (Lipinski definition) is 2. The minimum Gasteiger partial charge on any atom is -0.494 e. The molecule has 2 N–H and O–H groups in total. The number of unbranched alkanes of at least 4 members (excludes halogenated alkanes) is 15. The van der Waals surface area contributed by atoms with Crippen LogP contribution in [0, 0.1) is 0 Å². The van der Waals surface area contributed by atoms with Gasteiger partial charge in [0.05, 0.1) is 6.61 Å². The van der Waals surface area contributed by atoms with E-state index < -0.39 is 36.7 Å². The van der Waals surface area contributed by atoms with Crippen LogP contribution in [-0.2, 0) is 14.4 Å². The predicted molar refractivity (Wildman–Crippen MR) is 148 cm³/mol. The largest absolute Gasteiger partial charge is 0.494 e. The number of carboxylic acids is 2. The Labute approximate surface area is 227 Å². The number of rotatable bonds is 24. The quantitative estimate of drug-likeness (QED) is 0.0883. The summed E-state index contributed by atoms with van der Waals surface area (Å²) < 4.78 is 5.71. The Morgan fingerprint density at radius 2 is 1.03 bits per heavy atom. The molecule has 1 aromatic carbocycles. The van der Waals surface area contributed by atoms with Crippen molar-refractivity contribution >= 4 is 23.6 Å². The Balaban J connectivity index is 2.12. The zero-order chi connectivity index (χ0) is 28.0. The first kappa shape index (κ1) is 33.1. The van der Waals surface area contributed by atoms with Crippen LogP contribution in [0.4, 0.5) is 0 Å². The van der Waals surface area contributed by atoms with Crippen molar-refractivity contribution in [2.75, 3.05) is 19.7 Å². The van der Waals surface area contributed by atoms with Gasteiger partial charge in [0.1, 0.15) is 18.8 Å². The van der Waals surface area contributed by atoms with Crippen LogP contribution in [0.25, 0.3) is 0 Å². The molecule has 214 valence electrons. The number of aliphatic carboxylic acids is 2. The normalized spacial score (nSPS) is 10.8. The summed E-state index contributed by atoms with van der Waals surface area (Å²) in [5.74, 6) is -4.35. The van der Waals surface area contributed by atoms with Crippen LogP contribution in [-0.4, -0.2) is 58.4 Å². The number of amides is 1. The molecule has 0 saturated heterocycles. The summed E-state index contributed by atoms with van der Waals surface area (Å²) in [5, 5.41) is 17.7. The van der Waals surface area contributed by atoms with Gasteiger partial charge in [0.2, 0.25) is 5.78 Å². The van der Waals surface area contributed by atoms with Gasteiger partial charge >= 0.3 is 11.9 Å². The number of Topliss-reactive ketones (excluding diaryl/α,β-unsaturated/α-hetero) is 1. The minimum absolute atomic E-state index is 0.0468. The van der Waals surface area contributed by atoms with Crippen molar-refractivity contribution in [1.82, 2.24) is 4.90 Å². The van der Waals surface area contributed by atoms with E-state index in [1.54, 1.807) is 12.1 Å². The first-order chi connectivity index (χ1) is 18.3. The number of benzene rings is 1. The maximum Gasteiger partial charge on any atom is 0.323 e. The number of ketones is 1. The van der Waals surface area contributed by atoms with E-state index in [2.05, 4.69) is 6.92 Å². The average molecular weight is 534 g/mol. The molecule has 1 rings (SSSR count). The molecule has 38 heavy (non-hydrogen) atoms. The van der Waals surface area contributed by atoms with E-state index in [1.807, 2.05) is 0 Å². The van der Waals surface area contributed by atoms with Crippen LogP contribution in [0.5, 0.6) is 5.75 Å². The highest BCUT2D eigenvalue weighted by molar-refractivity contribution is 6.43. The van der Waals surface area contributed by atoms with Crippen LogP contribution in [0.2, 0.25) is 0 Å². The van der Waals surface area contributed by atoms with Crippen LogP contribution in [0.15, 0.2) is 24.3 Å². The summed E-state index contributed by atoms with van der Waals surface area (Å²) >= 11 is 0.